The van der Waals surface area contributed by atoms with Crippen molar-refractivity contribution in [2.45, 2.75) is 6.42 Å². The third-order valence-corrected chi connectivity index (χ3v) is 3.22. The van der Waals surface area contributed by atoms with Crippen LogP contribution in [0, 0.1) is 0 Å². The van der Waals surface area contributed by atoms with Crippen LogP contribution in [-0.2, 0) is 9.84 Å². The fourth-order valence-electron chi connectivity index (χ4n) is 1.39. The summed E-state index contributed by atoms with van der Waals surface area (Å²) in [5.41, 5.74) is -0.795. The van der Waals surface area contributed by atoms with Gasteiger partial charge in [-0.1, -0.05) is 23.7 Å². The third kappa shape index (κ3) is 4.99. The van der Waals surface area contributed by atoms with Crippen LogP contribution in [0.1, 0.15) is 6.42 Å². The molecule has 0 radical (unpaired) electrons. The second-order valence-corrected chi connectivity index (χ2v) is 6.20. The summed E-state index contributed by atoms with van der Waals surface area (Å²) < 4.78 is 64.6. The molecule has 1 aromatic carbocycles. The maximum Gasteiger partial charge on any atom is 0.513 e. The van der Waals surface area contributed by atoms with E-state index in [9.17, 15) is 21.4 Å². The Morgan fingerprint density at radius 2 is 1.83 bits per heavy atom. The SMILES string of the molecule is CS(=O)(=O)CCCOc1ccccc1[B-](F)(F)F. The zero-order valence-corrected chi connectivity index (χ0v) is 10.6. The topological polar surface area (TPSA) is 43.4 Å². The van der Waals surface area contributed by atoms with Crippen molar-refractivity contribution in [2.75, 3.05) is 18.6 Å². The van der Waals surface area contributed by atoms with Crippen LogP contribution in [0.5, 0.6) is 5.75 Å². The average molecular weight is 281 g/mol. The molecule has 8 heteroatoms. The van der Waals surface area contributed by atoms with Crippen LogP contribution in [0.15, 0.2) is 24.3 Å². The molecule has 0 aliphatic rings. The molecule has 0 unspecified atom stereocenters. The minimum atomic E-state index is -5.13. The molecule has 1 rings (SSSR count). The van der Waals surface area contributed by atoms with Gasteiger partial charge in [-0.2, -0.15) is 0 Å². The van der Waals surface area contributed by atoms with Gasteiger partial charge in [-0.15, -0.1) is 0 Å². The lowest BCUT2D eigenvalue weighted by molar-refractivity contribution is 0.318. The van der Waals surface area contributed by atoms with Crippen LogP contribution in [-0.4, -0.2) is 34.0 Å². The Morgan fingerprint density at radius 3 is 2.39 bits per heavy atom. The lowest BCUT2D eigenvalue weighted by Gasteiger charge is -2.19. The third-order valence-electron chi connectivity index (χ3n) is 2.19. The molecule has 18 heavy (non-hydrogen) atoms. The fourth-order valence-corrected chi connectivity index (χ4v) is 2.03. The molecule has 0 saturated heterocycles. The van der Waals surface area contributed by atoms with Gasteiger partial charge in [0, 0.05) is 6.26 Å². The predicted octanol–water partition coefficient (Wildman–Crippen LogP) is 1.55. The van der Waals surface area contributed by atoms with E-state index in [0.29, 0.717) is 0 Å². The van der Waals surface area contributed by atoms with Gasteiger partial charge in [0.1, 0.15) is 9.84 Å². The number of sulfone groups is 1. The number of hydrogen-bond acceptors (Lipinski definition) is 3. The lowest BCUT2D eigenvalue weighted by atomic mass is 9.79. The molecule has 0 heterocycles. The van der Waals surface area contributed by atoms with Crippen molar-refractivity contribution >= 4 is 22.3 Å². The molecule has 0 atom stereocenters. The highest BCUT2D eigenvalue weighted by Crippen LogP contribution is 2.17. The van der Waals surface area contributed by atoms with Gasteiger partial charge in [-0.05, 0) is 12.5 Å². The highest BCUT2D eigenvalue weighted by Gasteiger charge is 2.28. The molecule has 0 spiro atoms. The van der Waals surface area contributed by atoms with Crippen LogP contribution in [0.2, 0.25) is 0 Å². The minimum absolute atomic E-state index is 0.0593. The van der Waals surface area contributed by atoms with E-state index in [1.54, 1.807) is 0 Å². The first-order valence-corrected chi connectivity index (χ1v) is 7.35. The van der Waals surface area contributed by atoms with Gasteiger partial charge >= 0.3 is 6.98 Å². The first kappa shape index (κ1) is 14.9. The van der Waals surface area contributed by atoms with Crippen LogP contribution in [0.3, 0.4) is 0 Å². The van der Waals surface area contributed by atoms with E-state index >= 15 is 0 Å². The van der Waals surface area contributed by atoms with Gasteiger partial charge in [-0.25, -0.2) is 8.42 Å². The predicted molar refractivity (Wildman–Crippen MR) is 65.0 cm³/mol. The summed E-state index contributed by atoms with van der Waals surface area (Å²) in [6, 6.07) is 4.90. The summed E-state index contributed by atoms with van der Waals surface area (Å²) >= 11 is 0. The number of para-hydroxylation sites is 1. The smallest absolute Gasteiger partial charge is 0.497 e. The maximum absolute atomic E-state index is 12.6. The second-order valence-electron chi connectivity index (χ2n) is 3.94. The Labute approximate surface area is 104 Å². The number of rotatable bonds is 6. The van der Waals surface area contributed by atoms with Crippen molar-refractivity contribution in [3.63, 3.8) is 0 Å². The molecule has 1 aromatic rings. The normalized spacial score (nSPS) is 12.4. The molecule has 0 aliphatic carbocycles. The summed E-state index contributed by atoms with van der Waals surface area (Å²) in [5, 5.41) is 0. The lowest BCUT2D eigenvalue weighted by Crippen LogP contribution is -2.35. The van der Waals surface area contributed by atoms with E-state index in [2.05, 4.69) is 0 Å². The van der Waals surface area contributed by atoms with Crippen LogP contribution in [0.25, 0.3) is 0 Å². The Morgan fingerprint density at radius 1 is 1.22 bits per heavy atom. The largest absolute Gasteiger partial charge is 0.513 e. The number of benzene rings is 1. The maximum atomic E-state index is 12.6. The second kappa shape index (κ2) is 5.64. The highest BCUT2D eigenvalue weighted by atomic mass is 32.2. The highest BCUT2D eigenvalue weighted by molar-refractivity contribution is 7.90. The van der Waals surface area contributed by atoms with E-state index in [1.807, 2.05) is 0 Å². The fraction of sp³-hybridized carbons (Fsp3) is 0.400. The number of halogens is 3. The Bertz CT molecular complexity index is 499. The Kier molecular flexibility index (Phi) is 4.67. The number of ether oxygens (including phenoxy) is 1. The first-order chi connectivity index (χ1) is 8.20. The van der Waals surface area contributed by atoms with E-state index in [4.69, 9.17) is 4.74 Å². The summed E-state index contributed by atoms with van der Waals surface area (Å²) in [4.78, 5) is 0. The monoisotopic (exact) mass is 281 g/mol. The molecule has 3 nitrogen and oxygen atoms in total. The average Bonchev–Trinajstić information content (AvgIpc) is 2.22. The van der Waals surface area contributed by atoms with E-state index < -0.39 is 22.3 Å². The summed E-state index contributed by atoms with van der Waals surface area (Å²) in [6.07, 6.45) is 1.23. The summed E-state index contributed by atoms with van der Waals surface area (Å²) in [5.74, 6) is -0.356. The van der Waals surface area contributed by atoms with Gasteiger partial charge in [0.25, 0.3) is 0 Å². The van der Waals surface area contributed by atoms with Crippen molar-refractivity contribution in [3.05, 3.63) is 24.3 Å². The van der Waals surface area contributed by atoms with Crippen molar-refractivity contribution in [1.82, 2.24) is 0 Å². The first-order valence-electron chi connectivity index (χ1n) is 5.29. The molecule has 102 valence electrons. The molecule has 0 bridgehead atoms. The standard InChI is InChI=1S/C10H13BF3O3S/c1-18(15,16)8-4-7-17-10-6-3-2-5-9(10)11(12,13)14/h2-3,5-6H,4,7-8H2,1H3/q-1. The van der Waals surface area contributed by atoms with Crippen LogP contribution in [0.4, 0.5) is 12.9 Å². The quantitative estimate of drug-likeness (QED) is 0.587. The molecular formula is C10H13BF3O3S-. The van der Waals surface area contributed by atoms with Crippen LogP contribution < -0.4 is 10.2 Å². The molecule has 0 amide bonds. The van der Waals surface area contributed by atoms with Gasteiger partial charge in [-0.3, -0.25) is 0 Å². The van der Waals surface area contributed by atoms with Crippen molar-refractivity contribution in [3.8, 4) is 5.75 Å². The van der Waals surface area contributed by atoms with Gasteiger partial charge < -0.3 is 17.7 Å². The molecule has 0 aromatic heterocycles. The molecule has 0 fully saturated rings. The molecule has 0 N–H and O–H groups in total. The molecule has 0 aliphatic heterocycles. The van der Waals surface area contributed by atoms with E-state index in [1.165, 1.54) is 18.2 Å². The summed E-state index contributed by atoms with van der Waals surface area (Å²) in [7, 11) is -3.12. The zero-order valence-electron chi connectivity index (χ0n) is 9.77. The van der Waals surface area contributed by atoms with Crippen LogP contribution >= 0.6 is 0 Å². The van der Waals surface area contributed by atoms with Gasteiger partial charge in [0.15, 0.2) is 0 Å². The van der Waals surface area contributed by atoms with Crippen molar-refractivity contribution in [1.29, 1.82) is 0 Å². The van der Waals surface area contributed by atoms with Gasteiger partial charge in [0.2, 0.25) is 0 Å². The molecular weight excluding hydrogens is 268 g/mol. The van der Waals surface area contributed by atoms with E-state index in [0.717, 1.165) is 12.3 Å². The van der Waals surface area contributed by atoms with Crippen molar-refractivity contribution < 1.29 is 26.1 Å². The summed E-state index contributed by atoms with van der Waals surface area (Å²) in [6.45, 7) is -5.19. The Balaban J connectivity index is 2.63. The molecule has 0 saturated carbocycles. The minimum Gasteiger partial charge on any atom is -0.497 e. The van der Waals surface area contributed by atoms with E-state index in [-0.39, 0.29) is 24.5 Å². The van der Waals surface area contributed by atoms with Gasteiger partial charge in [0.05, 0.1) is 18.1 Å². The van der Waals surface area contributed by atoms with Crippen molar-refractivity contribution in [2.24, 2.45) is 0 Å². The Hall–Kier alpha value is -1.18. The number of hydrogen-bond donors (Lipinski definition) is 0. The zero-order chi connectivity index (χ0) is 13.8.